The molecule has 3 rings (SSSR count). The molecular weight excluding hydrogens is 279 g/mol. The van der Waals surface area contributed by atoms with Crippen LogP contribution in [-0.2, 0) is 4.74 Å². The molecule has 0 aliphatic carbocycles. The number of aromatic amines is 1. The predicted molar refractivity (Wildman–Crippen MR) is 75.3 cm³/mol. The minimum absolute atomic E-state index is 0.311. The lowest BCUT2D eigenvalue weighted by Crippen LogP contribution is -2.04. The number of thiazole rings is 1. The number of nitrogens with zero attached hydrogens (tertiary/aromatic N) is 1. The van der Waals surface area contributed by atoms with E-state index in [2.05, 4.69) is 9.97 Å². The molecule has 0 aliphatic heterocycles. The lowest BCUT2D eigenvalue weighted by Gasteiger charge is -1.98. The zero-order chi connectivity index (χ0) is 14.1. The summed E-state index contributed by atoms with van der Waals surface area (Å²) in [5.74, 6) is -0.723. The number of hydrogen-bond acceptors (Lipinski definition) is 4. The van der Waals surface area contributed by atoms with Crippen molar-refractivity contribution in [1.29, 1.82) is 0 Å². The molecule has 20 heavy (non-hydrogen) atoms. The maximum atomic E-state index is 13.7. The third-order valence-electron chi connectivity index (χ3n) is 2.78. The van der Waals surface area contributed by atoms with E-state index in [-0.39, 0.29) is 5.82 Å². The van der Waals surface area contributed by atoms with E-state index in [9.17, 15) is 9.18 Å². The van der Waals surface area contributed by atoms with Gasteiger partial charge in [-0.05, 0) is 25.1 Å². The topological polar surface area (TPSA) is 55.0 Å². The van der Waals surface area contributed by atoms with Crippen molar-refractivity contribution < 1.29 is 13.9 Å². The molecule has 0 aliphatic rings. The van der Waals surface area contributed by atoms with Crippen LogP contribution in [0.3, 0.4) is 0 Å². The van der Waals surface area contributed by atoms with Crippen LogP contribution in [0.5, 0.6) is 0 Å². The van der Waals surface area contributed by atoms with Gasteiger partial charge in [-0.2, -0.15) is 0 Å². The zero-order valence-electron chi connectivity index (χ0n) is 10.6. The first kappa shape index (κ1) is 12.8. The molecule has 0 bridgehead atoms. The van der Waals surface area contributed by atoms with Gasteiger partial charge in [0, 0.05) is 5.56 Å². The number of nitrogens with one attached hydrogen (secondary N) is 1. The summed E-state index contributed by atoms with van der Waals surface area (Å²) in [6.45, 7) is 2.07. The van der Waals surface area contributed by atoms with E-state index >= 15 is 0 Å². The number of halogens is 1. The highest BCUT2D eigenvalue weighted by molar-refractivity contribution is 7.21. The Morgan fingerprint density at radius 2 is 2.25 bits per heavy atom. The summed E-state index contributed by atoms with van der Waals surface area (Å²) in [5.41, 5.74) is 1.39. The van der Waals surface area contributed by atoms with Gasteiger partial charge in [-0.25, -0.2) is 14.2 Å². The number of ether oxygens (including phenoxy) is 1. The molecule has 4 nitrogen and oxygen atoms in total. The minimum atomic E-state index is -0.412. The monoisotopic (exact) mass is 290 g/mol. The van der Waals surface area contributed by atoms with E-state index in [1.165, 1.54) is 17.4 Å². The highest BCUT2D eigenvalue weighted by Crippen LogP contribution is 2.31. The first-order chi connectivity index (χ1) is 9.69. The van der Waals surface area contributed by atoms with Gasteiger partial charge in [0.1, 0.15) is 22.2 Å². The Kier molecular flexibility index (Phi) is 3.23. The Hall–Kier alpha value is -2.21. The molecule has 0 atom stereocenters. The van der Waals surface area contributed by atoms with Crippen LogP contribution >= 0.6 is 11.3 Å². The van der Waals surface area contributed by atoms with E-state index in [4.69, 9.17) is 4.74 Å². The average molecular weight is 290 g/mol. The molecule has 0 saturated carbocycles. The quantitative estimate of drug-likeness (QED) is 0.750. The van der Waals surface area contributed by atoms with Gasteiger partial charge in [0.25, 0.3) is 0 Å². The second-order valence-corrected chi connectivity index (χ2v) is 5.15. The number of benzene rings is 1. The van der Waals surface area contributed by atoms with Gasteiger partial charge in [0.15, 0.2) is 0 Å². The van der Waals surface area contributed by atoms with Crippen molar-refractivity contribution in [3.8, 4) is 10.6 Å². The fourth-order valence-corrected chi connectivity index (χ4v) is 2.87. The molecule has 1 N–H and O–H groups in total. The van der Waals surface area contributed by atoms with Crippen molar-refractivity contribution in [3.05, 3.63) is 41.8 Å². The Balaban J connectivity index is 1.99. The number of carbonyl (C=O) groups is 1. The Bertz CT molecular complexity index is 747. The molecule has 0 saturated heterocycles. The van der Waals surface area contributed by atoms with Crippen LogP contribution in [-0.4, -0.2) is 22.5 Å². The number of esters is 1. The molecule has 0 radical (unpaired) electrons. The van der Waals surface area contributed by atoms with Crippen LogP contribution in [0.25, 0.3) is 20.9 Å². The molecule has 1 aromatic carbocycles. The number of fused-ring (bicyclic) bond motifs is 1. The summed E-state index contributed by atoms with van der Waals surface area (Å²) in [6.07, 6.45) is 0. The Morgan fingerprint density at radius 3 is 2.95 bits per heavy atom. The number of hydrogen-bond donors (Lipinski definition) is 1. The first-order valence-corrected chi connectivity index (χ1v) is 6.92. The lowest BCUT2D eigenvalue weighted by atomic mass is 10.2. The minimum Gasteiger partial charge on any atom is -0.461 e. The molecule has 2 heterocycles. The standard InChI is InChI=1S/C14H11FN2O2S/c1-2-19-14(18)10-7-11-12(16-10)17-13(20-11)8-5-3-4-6-9(8)15/h3-7,16H,2H2,1H3. The molecule has 0 fully saturated rings. The van der Waals surface area contributed by atoms with Gasteiger partial charge in [0.2, 0.25) is 0 Å². The second kappa shape index (κ2) is 5.05. The van der Waals surface area contributed by atoms with Gasteiger partial charge in [-0.15, -0.1) is 11.3 Å². The Morgan fingerprint density at radius 1 is 1.45 bits per heavy atom. The summed E-state index contributed by atoms with van der Waals surface area (Å²) >= 11 is 1.33. The van der Waals surface area contributed by atoms with Crippen molar-refractivity contribution in [2.45, 2.75) is 6.92 Å². The Labute approximate surface area is 118 Å². The zero-order valence-corrected chi connectivity index (χ0v) is 11.5. The molecule has 6 heteroatoms. The second-order valence-electron chi connectivity index (χ2n) is 4.12. The lowest BCUT2D eigenvalue weighted by molar-refractivity contribution is 0.0520. The predicted octanol–water partition coefficient (Wildman–Crippen LogP) is 3.61. The summed E-state index contributed by atoms with van der Waals surface area (Å²) in [5, 5.41) is 0.583. The fourth-order valence-electron chi connectivity index (χ4n) is 1.88. The van der Waals surface area contributed by atoms with Crippen LogP contribution in [0.4, 0.5) is 4.39 Å². The maximum Gasteiger partial charge on any atom is 0.354 e. The van der Waals surface area contributed by atoms with Crippen LogP contribution in [0.1, 0.15) is 17.4 Å². The number of aromatic nitrogens is 2. The highest BCUT2D eigenvalue weighted by atomic mass is 32.1. The van der Waals surface area contributed by atoms with Crippen molar-refractivity contribution in [3.63, 3.8) is 0 Å². The van der Waals surface area contributed by atoms with Gasteiger partial charge < -0.3 is 9.72 Å². The molecule has 2 aromatic heterocycles. The third-order valence-corrected chi connectivity index (χ3v) is 3.82. The van der Waals surface area contributed by atoms with Gasteiger partial charge in [0.05, 0.1) is 11.3 Å². The first-order valence-electron chi connectivity index (χ1n) is 6.10. The fraction of sp³-hybridized carbons (Fsp3) is 0.143. The number of H-pyrrole nitrogens is 1. The van der Waals surface area contributed by atoms with Crippen molar-refractivity contribution in [1.82, 2.24) is 9.97 Å². The number of rotatable bonds is 3. The van der Waals surface area contributed by atoms with E-state index in [0.29, 0.717) is 28.5 Å². The number of carbonyl (C=O) groups excluding carboxylic acids is 1. The van der Waals surface area contributed by atoms with Crippen molar-refractivity contribution in [2.24, 2.45) is 0 Å². The normalized spacial score (nSPS) is 10.9. The average Bonchev–Trinajstić information content (AvgIpc) is 2.97. The van der Waals surface area contributed by atoms with Gasteiger partial charge >= 0.3 is 5.97 Å². The van der Waals surface area contributed by atoms with Gasteiger partial charge in [-0.3, -0.25) is 0 Å². The SMILES string of the molecule is CCOC(=O)c1cc2sc(-c3ccccc3F)nc2[nH]1. The molecule has 0 amide bonds. The molecule has 0 spiro atoms. The van der Waals surface area contributed by atoms with E-state index in [1.807, 2.05) is 0 Å². The molecule has 0 unspecified atom stereocenters. The third kappa shape index (κ3) is 2.18. The smallest absolute Gasteiger partial charge is 0.354 e. The molecule has 102 valence electrons. The maximum absolute atomic E-state index is 13.7. The largest absolute Gasteiger partial charge is 0.461 e. The summed E-state index contributed by atoms with van der Waals surface area (Å²) < 4.78 is 19.4. The summed E-state index contributed by atoms with van der Waals surface area (Å²) in [7, 11) is 0. The van der Waals surface area contributed by atoms with E-state index in [0.717, 1.165) is 4.70 Å². The van der Waals surface area contributed by atoms with Crippen molar-refractivity contribution in [2.75, 3.05) is 6.61 Å². The van der Waals surface area contributed by atoms with Crippen LogP contribution in [0.15, 0.2) is 30.3 Å². The van der Waals surface area contributed by atoms with E-state index in [1.54, 1.807) is 31.2 Å². The molecular formula is C14H11FN2O2S. The van der Waals surface area contributed by atoms with Crippen LogP contribution < -0.4 is 0 Å². The van der Waals surface area contributed by atoms with Crippen LogP contribution in [0, 0.1) is 5.82 Å². The van der Waals surface area contributed by atoms with Gasteiger partial charge in [-0.1, -0.05) is 12.1 Å². The molecule has 3 aromatic rings. The highest BCUT2D eigenvalue weighted by Gasteiger charge is 2.15. The van der Waals surface area contributed by atoms with E-state index < -0.39 is 5.97 Å². The van der Waals surface area contributed by atoms with Crippen molar-refractivity contribution >= 4 is 27.7 Å². The summed E-state index contributed by atoms with van der Waals surface area (Å²) in [4.78, 5) is 18.8. The summed E-state index contributed by atoms with van der Waals surface area (Å²) in [6, 6.07) is 8.15. The van der Waals surface area contributed by atoms with Crippen LogP contribution in [0.2, 0.25) is 0 Å².